The minimum atomic E-state index is -3.97. The van der Waals surface area contributed by atoms with E-state index in [2.05, 4.69) is 11.9 Å². The summed E-state index contributed by atoms with van der Waals surface area (Å²) >= 11 is 1.54. The van der Waals surface area contributed by atoms with Crippen molar-refractivity contribution in [2.24, 2.45) is 0 Å². The van der Waals surface area contributed by atoms with Gasteiger partial charge in [-0.25, -0.2) is 8.42 Å². The molecule has 1 N–H and O–H groups in total. The minimum absolute atomic E-state index is 0.0142. The van der Waals surface area contributed by atoms with Gasteiger partial charge in [-0.3, -0.25) is 9.59 Å². The summed E-state index contributed by atoms with van der Waals surface area (Å²) < 4.78 is 27.7. The molecule has 1 heterocycles. The number of amides is 2. The van der Waals surface area contributed by atoms with Crippen molar-refractivity contribution in [2.45, 2.75) is 24.9 Å². The van der Waals surface area contributed by atoms with Gasteiger partial charge in [0, 0.05) is 30.6 Å². The molecule has 2 aromatic carbocycles. The number of hydrogen-bond donors (Lipinski definition) is 1. The molecule has 0 radical (unpaired) electrons. The zero-order valence-electron chi connectivity index (χ0n) is 18.9. The quantitative estimate of drug-likeness (QED) is 0.404. The van der Waals surface area contributed by atoms with Gasteiger partial charge >= 0.3 is 0 Å². The van der Waals surface area contributed by atoms with Crippen LogP contribution in [-0.2, 0) is 32.7 Å². The Balaban J connectivity index is 1.82. The van der Waals surface area contributed by atoms with E-state index < -0.39 is 10.0 Å². The third-order valence-corrected chi connectivity index (χ3v) is 7.64. The predicted octanol–water partition coefficient (Wildman–Crippen LogP) is 4.11. The summed E-state index contributed by atoms with van der Waals surface area (Å²) in [6, 6.07) is 19.3. The van der Waals surface area contributed by atoms with Crippen LogP contribution in [0.5, 0.6) is 0 Å². The van der Waals surface area contributed by atoms with Crippen LogP contribution in [0.4, 0.5) is 5.69 Å². The van der Waals surface area contributed by atoms with E-state index in [0.717, 1.165) is 14.7 Å². The molecule has 0 unspecified atom stereocenters. The zero-order chi connectivity index (χ0) is 24.6. The average molecular weight is 498 g/mol. The van der Waals surface area contributed by atoms with E-state index in [4.69, 9.17) is 0 Å². The molecule has 0 saturated carbocycles. The number of thiophene rings is 1. The molecule has 2 amide bonds. The number of rotatable bonds is 11. The van der Waals surface area contributed by atoms with Gasteiger partial charge in [0.25, 0.3) is 0 Å². The lowest BCUT2D eigenvalue weighted by Gasteiger charge is -2.26. The van der Waals surface area contributed by atoms with E-state index in [1.807, 2.05) is 47.8 Å². The fourth-order valence-corrected chi connectivity index (χ4v) is 5.41. The van der Waals surface area contributed by atoms with Crippen LogP contribution >= 0.6 is 11.3 Å². The lowest BCUT2D eigenvalue weighted by atomic mass is 10.2. The van der Waals surface area contributed by atoms with Crippen LogP contribution in [0.25, 0.3) is 0 Å². The third kappa shape index (κ3) is 6.86. The molecule has 0 spiro atoms. The van der Waals surface area contributed by atoms with Crippen molar-refractivity contribution < 1.29 is 18.0 Å². The molecule has 9 heteroatoms. The van der Waals surface area contributed by atoms with Crippen molar-refractivity contribution in [3.63, 3.8) is 0 Å². The van der Waals surface area contributed by atoms with E-state index in [0.29, 0.717) is 18.8 Å². The number of benzene rings is 2. The average Bonchev–Trinajstić information content (AvgIpc) is 3.32. The summed E-state index contributed by atoms with van der Waals surface area (Å²) in [6.45, 7) is 5.45. The molecule has 0 aliphatic rings. The first-order chi connectivity index (χ1) is 16.3. The van der Waals surface area contributed by atoms with E-state index in [-0.39, 0.29) is 29.8 Å². The molecule has 3 aromatic rings. The number of sulfonamides is 1. The van der Waals surface area contributed by atoms with E-state index in [1.54, 1.807) is 16.2 Å². The molecule has 0 aliphatic carbocycles. The standard InChI is InChI=1S/C25H27N3O4S2/c1-3-15-28(34(31,32)24-13-11-22(12-14-24)26-20(2)29)19-25(30)27(18-23-10-7-16-33-23)17-21-8-5-4-6-9-21/h3-14,16H,1,15,17-19H2,2H3,(H,26,29). The zero-order valence-corrected chi connectivity index (χ0v) is 20.5. The number of hydrogen-bond acceptors (Lipinski definition) is 5. The van der Waals surface area contributed by atoms with Gasteiger partial charge < -0.3 is 10.2 Å². The van der Waals surface area contributed by atoms with Crippen molar-refractivity contribution in [1.29, 1.82) is 0 Å². The lowest BCUT2D eigenvalue weighted by molar-refractivity contribution is -0.132. The second-order valence-corrected chi connectivity index (χ2v) is 10.6. The Kier molecular flexibility index (Phi) is 8.75. The molecule has 0 atom stereocenters. The molecule has 0 saturated heterocycles. The molecule has 3 rings (SSSR count). The van der Waals surface area contributed by atoms with Gasteiger partial charge in [0.15, 0.2) is 0 Å². The monoisotopic (exact) mass is 497 g/mol. The summed E-state index contributed by atoms with van der Waals surface area (Å²) in [5.74, 6) is -0.559. The van der Waals surface area contributed by atoms with Crippen molar-refractivity contribution in [2.75, 3.05) is 18.4 Å². The van der Waals surface area contributed by atoms with Gasteiger partial charge in [-0.05, 0) is 41.3 Å². The molecule has 1 aromatic heterocycles. The lowest BCUT2D eigenvalue weighted by Crippen LogP contribution is -2.42. The van der Waals surface area contributed by atoms with Gasteiger partial charge in [0.1, 0.15) is 0 Å². The molecule has 178 valence electrons. The first kappa shape index (κ1) is 25.4. The molecule has 7 nitrogen and oxygen atoms in total. The Hall–Kier alpha value is -3.27. The maximum absolute atomic E-state index is 13.4. The maximum atomic E-state index is 13.4. The highest BCUT2D eigenvalue weighted by atomic mass is 32.2. The number of carbonyl (C=O) groups is 2. The van der Waals surface area contributed by atoms with Crippen LogP contribution in [0.15, 0.2) is 89.7 Å². The van der Waals surface area contributed by atoms with Gasteiger partial charge in [-0.2, -0.15) is 4.31 Å². The molecular formula is C25H27N3O4S2. The highest BCUT2D eigenvalue weighted by Gasteiger charge is 2.28. The van der Waals surface area contributed by atoms with Crippen molar-refractivity contribution in [3.05, 3.63) is 95.2 Å². The first-order valence-electron chi connectivity index (χ1n) is 10.6. The predicted molar refractivity (Wildman–Crippen MR) is 135 cm³/mol. The topological polar surface area (TPSA) is 86.8 Å². The number of nitrogens with one attached hydrogen (secondary N) is 1. The van der Waals surface area contributed by atoms with Crippen LogP contribution in [0, 0.1) is 0 Å². The van der Waals surface area contributed by atoms with Crippen LogP contribution in [0.3, 0.4) is 0 Å². The molecular weight excluding hydrogens is 470 g/mol. The maximum Gasteiger partial charge on any atom is 0.243 e. The first-order valence-corrected chi connectivity index (χ1v) is 12.9. The highest BCUT2D eigenvalue weighted by molar-refractivity contribution is 7.89. The molecule has 0 aliphatic heterocycles. The summed E-state index contributed by atoms with van der Waals surface area (Å²) in [5, 5.41) is 4.55. The summed E-state index contributed by atoms with van der Waals surface area (Å²) in [4.78, 5) is 27.3. The highest BCUT2D eigenvalue weighted by Crippen LogP contribution is 2.20. The second-order valence-electron chi connectivity index (χ2n) is 7.61. The van der Waals surface area contributed by atoms with Crippen LogP contribution in [-0.4, -0.2) is 42.5 Å². The molecule has 34 heavy (non-hydrogen) atoms. The Bertz CT molecular complexity index is 1210. The van der Waals surface area contributed by atoms with E-state index in [9.17, 15) is 18.0 Å². The van der Waals surface area contributed by atoms with Crippen LogP contribution in [0.1, 0.15) is 17.4 Å². The fraction of sp³-hybridized carbons (Fsp3) is 0.200. The van der Waals surface area contributed by atoms with Gasteiger partial charge in [0.05, 0.1) is 18.0 Å². The fourth-order valence-electron chi connectivity index (χ4n) is 3.33. The van der Waals surface area contributed by atoms with Crippen LogP contribution in [0.2, 0.25) is 0 Å². The minimum Gasteiger partial charge on any atom is -0.332 e. The summed E-state index contributed by atoms with van der Waals surface area (Å²) in [5.41, 5.74) is 1.45. The smallest absolute Gasteiger partial charge is 0.243 e. The number of carbonyl (C=O) groups excluding carboxylic acids is 2. The number of anilines is 1. The summed E-state index contributed by atoms with van der Waals surface area (Å²) in [7, 11) is -3.97. The SMILES string of the molecule is C=CCN(CC(=O)N(Cc1ccccc1)Cc1cccs1)S(=O)(=O)c1ccc(NC(C)=O)cc1. The summed E-state index contributed by atoms with van der Waals surface area (Å²) in [6.07, 6.45) is 1.46. The van der Waals surface area contributed by atoms with Crippen LogP contribution < -0.4 is 5.32 Å². The van der Waals surface area contributed by atoms with Gasteiger partial charge in [-0.15, -0.1) is 17.9 Å². The Morgan fingerprint density at radius 1 is 1.00 bits per heavy atom. The Morgan fingerprint density at radius 2 is 1.71 bits per heavy atom. The van der Waals surface area contributed by atoms with E-state index in [1.165, 1.54) is 37.3 Å². The largest absolute Gasteiger partial charge is 0.332 e. The van der Waals surface area contributed by atoms with Gasteiger partial charge in [-0.1, -0.05) is 42.5 Å². The Morgan fingerprint density at radius 3 is 2.29 bits per heavy atom. The Labute approximate surface area is 204 Å². The van der Waals surface area contributed by atoms with Crippen molar-refractivity contribution >= 4 is 38.9 Å². The van der Waals surface area contributed by atoms with Crippen molar-refractivity contribution in [1.82, 2.24) is 9.21 Å². The second kappa shape index (κ2) is 11.7. The number of nitrogens with zero attached hydrogens (tertiary/aromatic N) is 2. The van der Waals surface area contributed by atoms with E-state index >= 15 is 0 Å². The van der Waals surface area contributed by atoms with Crippen molar-refractivity contribution in [3.8, 4) is 0 Å². The normalized spacial score (nSPS) is 11.2. The third-order valence-electron chi connectivity index (χ3n) is 4.95. The van der Waals surface area contributed by atoms with Gasteiger partial charge in [0.2, 0.25) is 21.8 Å². The molecule has 0 fully saturated rings. The molecule has 0 bridgehead atoms.